The van der Waals surface area contributed by atoms with Crippen molar-refractivity contribution in [2.75, 3.05) is 12.8 Å². The SMILES string of the molecule is CSC1(CNC(C)Cc2ccccc2)CCCCC1. The van der Waals surface area contributed by atoms with Gasteiger partial charge in [-0.3, -0.25) is 0 Å². The maximum absolute atomic E-state index is 3.77. The number of hydrogen-bond acceptors (Lipinski definition) is 2. The van der Waals surface area contributed by atoms with E-state index < -0.39 is 0 Å². The smallest absolute Gasteiger partial charge is 0.0281 e. The van der Waals surface area contributed by atoms with Crippen molar-refractivity contribution in [2.45, 2.75) is 56.2 Å². The molecule has 1 aromatic carbocycles. The molecule has 1 aromatic rings. The Morgan fingerprint density at radius 2 is 1.84 bits per heavy atom. The van der Waals surface area contributed by atoms with E-state index >= 15 is 0 Å². The first kappa shape index (κ1) is 14.9. The van der Waals surface area contributed by atoms with Crippen LogP contribution in [0.1, 0.15) is 44.6 Å². The molecule has 0 aliphatic heterocycles. The lowest BCUT2D eigenvalue weighted by Gasteiger charge is -2.37. The fourth-order valence-corrected chi connectivity index (χ4v) is 3.97. The summed E-state index contributed by atoms with van der Waals surface area (Å²) in [6.07, 6.45) is 10.5. The van der Waals surface area contributed by atoms with E-state index in [4.69, 9.17) is 0 Å². The molecule has 0 bridgehead atoms. The fraction of sp³-hybridized carbons (Fsp3) is 0.647. The summed E-state index contributed by atoms with van der Waals surface area (Å²) in [5, 5.41) is 3.77. The molecular formula is C17H27NS. The minimum Gasteiger partial charge on any atom is -0.313 e. The Kier molecular flexibility index (Phi) is 5.77. The molecule has 0 radical (unpaired) electrons. The van der Waals surface area contributed by atoms with Gasteiger partial charge in [-0.1, -0.05) is 49.6 Å². The van der Waals surface area contributed by atoms with Gasteiger partial charge in [0.05, 0.1) is 0 Å². The van der Waals surface area contributed by atoms with E-state index in [2.05, 4.69) is 60.6 Å². The molecule has 2 heteroatoms. The molecule has 1 atom stereocenters. The monoisotopic (exact) mass is 277 g/mol. The second kappa shape index (κ2) is 7.35. The summed E-state index contributed by atoms with van der Waals surface area (Å²) < 4.78 is 0.503. The average Bonchev–Trinajstić information content (AvgIpc) is 2.47. The molecular weight excluding hydrogens is 250 g/mol. The van der Waals surface area contributed by atoms with E-state index in [-0.39, 0.29) is 0 Å². The number of nitrogens with one attached hydrogen (secondary N) is 1. The van der Waals surface area contributed by atoms with E-state index in [1.165, 1.54) is 44.2 Å². The van der Waals surface area contributed by atoms with Crippen LogP contribution in [-0.4, -0.2) is 23.6 Å². The Balaban J connectivity index is 1.80. The van der Waals surface area contributed by atoms with Crippen molar-refractivity contribution < 1.29 is 0 Å². The first-order chi connectivity index (χ1) is 9.24. The van der Waals surface area contributed by atoms with Gasteiger partial charge >= 0.3 is 0 Å². The number of benzene rings is 1. The standard InChI is InChI=1S/C17H27NS/c1-15(13-16-9-5-3-6-10-16)18-14-17(19-2)11-7-4-8-12-17/h3,5-6,9-10,15,18H,4,7-8,11-14H2,1-2H3. The molecule has 1 N–H and O–H groups in total. The lowest BCUT2D eigenvalue weighted by atomic mass is 9.88. The molecule has 1 aliphatic carbocycles. The largest absolute Gasteiger partial charge is 0.313 e. The molecule has 106 valence electrons. The summed E-state index contributed by atoms with van der Waals surface area (Å²) in [5.74, 6) is 0. The highest BCUT2D eigenvalue weighted by Crippen LogP contribution is 2.38. The molecule has 1 aliphatic rings. The van der Waals surface area contributed by atoms with Crippen molar-refractivity contribution in [3.05, 3.63) is 35.9 Å². The zero-order valence-corrected chi connectivity index (χ0v) is 13.1. The fourth-order valence-electron chi connectivity index (χ4n) is 3.05. The Bertz CT molecular complexity index is 357. The minimum atomic E-state index is 0.503. The molecule has 1 fully saturated rings. The summed E-state index contributed by atoms with van der Waals surface area (Å²) in [4.78, 5) is 0. The maximum atomic E-state index is 3.77. The molecule has 19 heavy (non-hydrogen) atoms. The molecule has 0 aromatic heterocycles. The molecule has 2 rings (SSSR count). The van der Waals surface area contributed by atoms with E-state index in [0.29, 0.717) is 10.8 Å². The zero-order chi connectivity index (χ0) is 13.6. The summed E-state index contributed by atoms with van der Waals surface area (Å²) in [6, 6.07) is 11.4. The van der Waals surface area contributed by atoms with Crippen molar-refractivity contribution in [3.63, 3.8) is 0 Å². The van der Waals surface area contributed by atoms with Crippen LogP contribution in [0.4, 0.5) is 0 Å². The third kappa shape index (κ3) is 4.54. The highest BCUT2D eigenvalue weighted by Gasteiger charge is 2.30. The van der Waals surface area contributed by atoms with Crippen molar-refractivity contribution in [3.8, 4) is 0 Å². The summed E-state index contributed by atoms with van der Waals surface area (Å²) in [6.45, 7) is 3.48. The van der Waals surface area contributed by atoms with Gasteiger partial charge in [-0.15, -0.1) is 0 Å². The highest BCUT2D eigenvalue weighted by molar-refractivity contribution is 8.00. The molecule has 1 nitrogen and oxygen atoms in total. The van der Waals surface area contributed by atoms with Crippen molar-refractivity contribution in [1.29, 1.82) is 0 Å². The Hall–Kier alpha value is -0.470. The van der Waals surface area contributed by atoms with Gasteiger partial charge in [0.1, 0.15) is 0 Å². The average molecular weight is 277 g/mol. The minimum absolute atomic E-state index is 0.503. The lowest BCUT2D eigenvalue weighted by molar-refractivity contribution is 0.365. The lowest BCUT2D eigenvalue weighted by Crippen LogP contribution is -2.43. The molecule has 1 saturated carbocycles. The van der Waals surface area contributed by atoms with Gasteiger partial charge < -0.3 is 5.32 Å². The van der Waals surface area contributed by atoms with Crippen LogP contribution < -0.4 is 5.32 Å². The van der Waals surface area contributed by atoms with Crippen molar-refractivity contribution >= 4 is 11.8 Å². The van der Waals surface area contributed by atoms with E-state index in [9.17, 15) is 0 Å². The van der Waals surface area contributed by atoms with Crippen LogP contribution in [0.3, 0.4) is 0 Å². The summed E-state index contributed by atoms with van der Waals surface area (Å²) >= 11 is 2.08. The second-order valence-corrected chi connectivity index (χ2v) is 7.19. The van der Waals surface area contributed by atoms with Gasteiger partial charge in [-0.2, -0.15) is 11.8 Å². The first-order valence-electron chi connectivity index (χ1n) is 7.57. The van der Waals surface area contributed by atoms with Gasteiger partial charge in [0, 0.05) is 17.3 Å². The van der Waals surface area contributed by atoms with Crippen LogP contribution in [0.2, 0.25) is 0 Å². The zero-order valence-electron chi connectivity index (χ0n) is 12.3. The Labute approximate surface area is 122 Å². The van der Waals surface area contributed by atoms with Gasteiger partial charge in [0.15, 0.2) is 0 Å². The summed E-state index contributed by atoms with van der Waals surface area (Å²) in [7, 11) is 0. The van der Waals surface area contributed by atoms with E-state index in [1.807, 2.05) is 0 Å². The maximum Gasteiger partial charge on any atom is 0.0281 e. The third-order valence-corrected chi connectivity index (χ3v) is 5.77. The van der Waals surface area contributed by atoms with Gasteiger partial charge in [-0.05, 0) is 38.0 Å². The van der Waals surface area contributed by atoms with Crippen LogP contribution in [0.15, 0.2) is 30.3 Å². The molecule has 1 unspecified atom stereocenters. The van der Waals surface area contributed by atoms with Crippen molar-refractivity contribution in [1.82, 2.24) is 5.32 Å². The number of thioether (sulfide) groups is 1. The van der Waals surface area contributed by atoms with Crippen LogP contribution in [0.5, 0.6) is 0 Å². The summed E-state index contributed by atoms with van der Waals surface area (Å²) in [5.41, 5.74) is 1.43. The van der Waals surface area contributed by atoms with Gasteiger partial charge in [-0.25, -0.2) is 0 Å². The van der Waals surface area contributed by atoms with Crippen LogP contribution in [-0.2, 0) is 6.42 Å². The van der Waals surface area contributed by atoms with Crippen LogP contribution >= 0.6 is 11.8 Å². The molecule has 0 amide bonds. The predicted octanol–water partition coefficient (Wildman–Crippen LogP) is 4.27. The Morgan fingerprint density at radius 3 is 2.47 bits per heavy atom. The van der Waals surface area contributed by atoms with Crippen LogP contribution in [0.25, 0.3) is 0 Å². The topological polar surface area (TPSA) is 12.0 Å². The number of rotatable bonds is 6. The third-order valence-electron chi connectivity index (χ3n) is 4.36. The van der Waals surface area contributed by atoms with Gasteiger partial charge in [0.25, 0.3) is 0 Å². The van der Waals surface area contributed by atoms with Crippen LogP contribution in [0, 0.1) is 0 Å². The predicted molar refractivity (Wildman–Crippen MR) is 86.9 cm³/mol. The normalized spacial score (nSPS) is 20.1. The van der Waals surface area contributed by atoms with E-state index in [0.717, 1.165) is 6.42 Å². The Morgan fingerprint density at radius 1 is 1.16 bits per heavy atom. The van der Waals surface area contributed by atoms with Crippen molar-refractivity contribution in [2.24, 2.45) is 0 Å². The van der Waals surface area contributed by atoms with Gasteiger partial charge in [0.2, 0.25) is 0 Å². The number of hydrogen-bond donors (Lipinski definition) is 1. The highest BCUT2D eigenvalue weighted by atomic mass is 32.2. The second-order valence-electron chi connectivity index (χ2n) is 5.92. The molecule has 0 heterocycles. The molecule has 0 spiro atoms. The molecule has 0 saturated heterocycles. The quantitative estimate of drug-likeness (QED) is 0.833. The first-order valence-corrected chi connectivity index (χ1v) is 8.79. The van der Waals surface area contributed by atoms with E-state index in [1.54, 1.807) is 0 Å².